The van der Waals surface area contributed by atoms with Crippen LogP contribution in [-0.4, -0.2) is 14.5 Å². The van der Waals surface area contributed by atoms with E-state index in [0.717, 1.165) is 16.7 Å². The first-order valence-corrected chi connectivity index (χ1v) is 9.36. The molecule has 0 atom stereocenters. The molecule has 0 spiro atoms. The number of aromatic nitrogens is 2. The first kappa shape index (κ1) is 21.0. The zero-order chi connectivity index (χ0) is 22.9. The Morgan fingerprint density at radius 3 is 2.44 bits per heavy atom. The molecule has 0 N–H and O–H groups in total. The van der Waals surface area contributed by atoms with E-state index in [0.29, 0.717) is 11.1 Å². The number of benzene rings is 3. The lowest BCUT2D eigenvalue weighted by atomic mass is 10.1. The number of para-hydroxylation sites is 1. The van der Waals surface area contributed by atoms with Crippen LogP contribution in [0.3, 0.4) is 0 Å². The van der Waals surface area contributed by atoms with Crippen molar-refractivity contribution in [2.24, 2.45) is 0 Å². The van der Waals surface area contributed by atoms with Gasteiger partial charge < -0.3 is 0 Å². The molecular weight excluding hydrogens is 423 g/mol. The highest BCUT2D eigenvalue weighted by molar-refractivity contribution is 5.80. The van der Waals surface area contributed by atoms with Gasteiger partial charge in [0.2, 0.25) is 0 Å². The molecule has 0 amide bonds. The molecule has 0 aliphatic heterocycles. The molecule has 0 aliphatic carbocycles. The third kappa shape index (κ3) is 4.13. The van der Waals surface area contributed by atoms with E-state index in [2.05, 4.69) is 4.98 Å². The fourth-order valence-electron chi connectivity index (χ4n) is 3.25. The molecule has 1 heterocycles. The van der Waals surface area contributed by atoms with E-state index >= 15 is 0 Å². The van der Waals surface area contributed by atoms with Crippen molar-refractivity contribution in [3.8, 4) is 5.69 Å². The molecule has 9 heteroatoms. The molecule has 0 fully saturated rings. The molecule has 3 aromatic carbocycles. The van der Waals surface area contributed by atoms with Gasteiger partial charge in [0, 0.05) is 12.1 Å². The molecule has 0 aliphatic rings. The lowest BCUT2D eigenvalue weighted by molar-refractivity contribution is -0.384. The van der Waals surface area contributed by atoms with Gasteiger partial charge in [-0.3, -0.25) is 19.5 Å². The summed E-state index contributed by atoms with van der Waals surface area (Å²) in [7, 11) is 0. The fraction of sp³-hybridized carbons (Fsp3) is 0.0435. The van der Waals surface area contributed by atoms with Crippen LogP contribution in [0.15, 0.2) is 77.6 Å². The van der Waals surface area contributed by atoms with Crippen LogP contribution in [0, 0.1) is 10.1 Å². The van der Waals surface area contributed by atoms with E-state index in [1.165, 1.54) is 42.5 Å². The number of fused-ring (bicyclic) bond motifs is 1. The predicted octanol–water partition coefficient (Wildman–Crippen LogP) is 5.48. The third-order valence-electron chi connectivity index (χ3n) is 4.74. The Balaban J connectivity index is 1.92. The Bertz CT molecular complexity index is 1430. The van der Waals surface area contributed by atoms with Gasteiger partial charge in [-0.15, -0.1) is 0 Å². The van der Waals surface area contributed by atoms with Crippen molar-refractivity contribution in [1.29, 1.82) is 0 Å². The molecule has 1 aromatic heterocycles. The number of nitrogens with zero attached hydrogens (tertiary/aromatic N) is 3. The fourth-order valence-corrected chi connectivity index (χ4v) is 3.25. The van der Waals surface area contributed by atoms with Gasteiger partial charge >= 0.3 is 6.18 Å². The smallest absolute Gasteiger partial charge is 0.268 e. The van der Waals surface area contributed by atoms with Crippen molar-refractivity contribution >= 4 is 28.7 Å². The van der Waals surface area contributed by atoms with Crippen LogP contribution >= 0.6 is 0 Å². The van der Waals surface area contributed by atoms with Gasteiger partial charge in [-0.1, -0.05) is 36.4 Å². The molecule has 6 nitrogen and oxygen atoms in total. The number of nitro benzene ring substituents is 1. The van der Waals surface area contributed by atoms with Crippen LogP contribution in [-0.2, 0) is 6.18 Å². The lowest BCUT2D eigenvalue weighted by Gasteiger charge is -2.13. The van der Waals surface area contributed by atoms with Gasteiger partial charge in [0.25, 0.3) is 11.2 Å². The minimum atomic E-state index is -4.58. The lowest BCUT2D eigenvalue weighted by Crippen LogP contribution is -2.22. The second kappa shape index (κ2) is 8.10. The summed E-state index contributed by atoms with van der Waals surface area (Å²) in [6.07, 6.45) is -1.64. The number of alkyl halides is 3. The molecule has 4 aromatic rings. The maximum Gasteiger partial charge on any atom is 0.416 e. The Labute approximate surface area is 179 Å². The van der Waals surface area contributed by atoms with Gasteiger partial charge in [-0.25, -0.2) is 4.98 Å². The number of halogens is 3. The molecule has 0 saturated heterocycles. The minimum Gasteiger partial charge on any atom is -0.268 e. The Morgan fingerprint density at radius 1 is 0.938 bits per heavy atom. The third-order valence-corrected chi connectivity index (χ3v) is 4.74. The van der Waals surface area contributed by atoms with Crippen molar-refractivity contribution < 1.29 is 18.1 Å². The topological polar surface area (TPSA) is 78.0 Å². The summed E-state index contributed by atoms with van der Waals surface area (Å²) in [5, 5.41) is 11.2. The predicted molar refractivity (Wildman–Crippen MR) is 114 cm³/mol. The summed E-state index contributed by atoms with van der Waals surface area (Å²) in [5.74, 6) is 0.0829. The number of hydrogen-bond donors (Lipinski definition) is 0. The van der Waals surface area contributed by atoms with E-state index in [4.69, 9.17) is 0 Å². The Morgan fingerprint density at radius 2 is 1.69 bits per heavy atom. The van der Waals surface area contributed by atoms with E-state index in [1.807, 2.05) is 0 Å². The largest absolute Gasteiger partial charge is 0.416 e. The maximum atomic E-state index is 13.2. The highest BCUT2D eigenvalue weighted by Crippen LogP contribution is 2.30. The van der Waals surface area contributed by atoms with Crippen LogP contribution < -0.4 is 5.56 Å². The van der Waals surface area contributed by atoms with Crippen LogP contribution in [0.25, 0.3) is 28.7 Å². The van der Waals surface area contributed by atoms with Gasteiger partial charge in [-0.05, 0) is 42.0 Å². The molecular formula is C23H14F3N3O3. The average Bonchev–Trinajstić information content (AvgIpc) is 2.77. The van der Waals surface area contributed by atoms with Crippen molar-refractivity contribution in [2.75, 3.05) is 0 Å². The normalized spacial score (nSPS) is 11.8. The summed E-state index contributed by atoms with van der Waals surface area (Å²) in [6, 6.07) is 16.7. The van der Waals surface area contributed by atoms with Crippen molar-refractivity contribution in [1.82, 2.24) is 9.55 Å². The monoisotopic (exact) mass is 437 g/mol. The zero-order valence-corrected chi connectivity index (χ0v) is 16.3. The highest BCUT2D eigenvalue weighted by atomic mass is 19.4. The quantitative estimate of drug-likeness (QED) is 0.313. The minimum absolute atomic E-state index is 0.00164. The average molecular weight is 437 g/mol. The van der Waals surface area contributed by atoms with E-state index < -0.39 is 22.2 Å². The second-order valence-corrected chi connectivity index (χ2v) is 6.86. The first-order valence-electron chi connectivity index (χ1n) is 9.36. The molecule has 0 radical (unpaired) electrons. The summed E-state index contributed by atoms with van der Waals surface area (Å²) < 4.78 is 40.8. The van der Waals surface area contributed by atoms with E-state index in [9.17, 15) is 28.1 Å². The molecule has 4 rings (SSSR count). The summed E-state index contributed by atoms with van der Waals surface area (Å²) in [4.78, 5) is 28.1. The molecule has 0 saturated carbocycles. The number of nitro groups is 1. The number of rotatable bonds is 4. The van der Waals surface area contributed by atoms with Crippen LogP contribution in [0.5, 0.6) is 0 Å². The summed E-state index contributed by atoms with van der Waals surface area (Å²) in [6.45, 7) is 0. The van der Waals surface area contributed by atoms with E-state index in [1.54, 1.807) is 30.3 Å². The van der Waals surface area contributed by atoms with Crippen LogP contribution in [0.2, 0.25) is 0 Å². The SMILES string of the molecule is O=c1c2ccccc2nc(/C=C\c2cccc([N+](=O)[O-])c2)n1-c1cccc(C(F)(F)F)c1. The zero-order valence-electron chi connectivity index (χ0n) is 16.3. The van der Waals surface area contributed by atoms with Crippen LogP contribution in [0.4, 0.5) is 18.9 Å². The van der Waals surface area contributed by atoms with Gasteiger partial charge in [0.1, 0.15) is 5.82 Å². The van der Waals surface area contributed by atoms with Gasteiger partial charge in [0.15, 0.2) is 0 Å². The Hall–Kier alpha value is -4.27. The van der Waals surface area contributed by atoms with Crippen molar-refractivity contribution in [3.05, 3.63) is 110 Å². The van der Waals surface area contributed by atoms with Crippen LogP contribution in [0.1, 0.15) is 17.0 Å². The molecule has 0 bridgehead atoms. The molecule has 0 unspecified atom stereocenters. The van der Waals surface area contributed by atoms with Gasteiger partial charge in [0.05, 0.1) is 27.1 Å². The van der Waals surface area contributed by atoms with E-state index in [-0.39, 0.29) is 22.6 Å². The standard InChI is InChI=1S/C23H14F3N3O3/c24-23(25,26)16-6-4-7-17(14-16)28-21(27-20-10-2-1-9-19(20)22(28)30)12-11-15-5-3-8-18(13-15)29(31)32/h1-14H/b12-11-. The Kier molecular flexibility index (Phi) is 5.31. The number of non-ortho nitro benzene ring substituents is 1. The molecule has 32 heavy (non-hydrogen) atoms. The highest BCUT2D eigenvalue weighted by Gasteiger charge is 2.30. The van der Waals surface area contributed by atoms with Crippen molar-refractivity contribution in [2.45, 2.75) is 6.18 Å². The van der Waals surface area contributed by atoms with Gasteiger partial charge in [-0.2, -0.15) is 13.2 Å². The first-order chi connectivity index (χ1) is 15.2. The molecule has 160 valence electrons. The summed E-state index contributed by atoms with van der Waals surface area (Å²) >= 11 is 0. The maximum absolute atomic E-state index is 13.2. The summed E-state index contributed by atoms with van der Waals surface area (Å²) in [5.41, 5.74) is -0.704. The second-order valence-electron chi connectivity index (χ2n) is 6.86. The number of hydrogen-bond acceptors (Lipinski definition) is 4. The van der Waals surface area contributed by atoms with Crippen molar-refractivity contribution in [3.63, 3.8) is 0 Å².